The molecule has 1 heterocycles. The van der Waals surface area contributed by atoms with E-state index in [1.807, 2.05) is 6.07 Å². The van der Waals surface area contributed by atoms with Gasteiger partial charge in [-0.1, -0.05) is 6.07 Å². The molecule has 1 amide bonds. The maximum Gasteiger partial charge on any atom is 0.256 e. The fourth-order valence-electron chi connectivity index (χ4n) is 0.904. The van der Waals surface area contributed by atoms with Gasteiger partial charge in [0.15, 0.2) is 0 Å². The summed E-state index contributed by atoms with van der Waals surface area (Å²) in [6.45, 7) is 0. The molecule has 0 N–H and O–H groups in total. The van der Waals surface area contributed by atoms with Crippen LogP contribution in [-0.2, 0) is 16.0 Å². The lowest BCUT2D eigenvalue weighted by molar-refractivity contribution is -0.117. The molecule has 0 radical (unpaired) electrons. The van der Waals surface area contributed by atoms with Crippen LogP contribution in [-0.4, -0.2) is 17.0 Å². The summed E-state index contributed by atoms with van der Waals surface area (Å²) in [5, 5.41) is 0. The van der Waals surface area contributed by atoms with E-state index in [9.17, 15) is 9.59 Å². The van der Waals surface area contributed by atoms with Crippen molar-refractivity contribution in [2.24, 2.45) is 4.99 Å². The fraction of sp³-hybridized carbons (Fsp3) is 0.222. The Kier molecular flexibility index (Phi) is 3.54. The van der Waals surface area contributed by atoms with Gasteiger partial charge in [-0.25, -0.2) is 4.79 Å². The van der Waals surface area contributed by atoms with Crippen LogP contribution in [0.15, 0.2) is 29.5 Å². The van der Waals surface area contributed by atoms with E-state index in [-0.39, 0.29) is 6.42 Å². The summed E-state index contributed by atoms with van der Waals surface area (Å²) in [6, 6.07) is 3.66. The molecule has 0 unspecified atom stereocenters. The Morgan fingerprint density at radius 1 is 1.62 bits per heavy atom. The first-order valence-corrected chi connectivity index (χ1v) is 3.82. The number of aryl methyl sites for hydroxylation is 1. The van der Waals surface area contributed by atoms with E-state index in [4.69, 9.17) is 0 Å². The molecule has 1 aromatic rings. The fourth-order valence-corrected chi connectivity index (χ4v) is 0.904. The SMILES string of the molecule is O=C=NC(=O)CCc1cccnc1. The number of pyridine rings is 1. The number of aliphatic imine (C=N–C) groups is 1. The van der Waals surface area contributed by atoms with Crippen LogP contribution in [0.5, 0.6) is 0 Å². The van der Waals surface area contributed by atoms with Crippen molar-refractivity contribution in [3.05, 3.63) is 30.1 Å². The van der Waals surface area contributed by atoms with Gasteiger partial charge in [-0.3, -0.25) is 9.78 Å². The molecular formula is C9H8N2O2. The highest BCUT2D eigenvalue weighted by atomic mass is 16.2. The molecule has 1 aromatic heterocycles. The van der Waals surface area contributed by atoms with E-state index >= 15 is 0 Å². The molecule has 0 aliphatic rings. The molecule has 0 saturated heterocycles. The van der Waals surface area contributed by atoms with Gasteiger partial charge < -0.3 is 0 Å². The van der Waals surface area contributed by atoms with Crippen molar-refractivity contribution >= 4 is 12.0 Å². The van der Waals surface area contributed by atoms with Crippen LogP contribution in [0.1, 0.15) is 12.0 Å². The maximum atomic E-state index is 10.8. The number of hydrogen-bond acceptors (Lipinski definition) is 3. The van der Waals surface area contributed by atoms with Gasteiger partial charge in [0.1, 0.15) is 0 Å². The predicted molar refractivity (Wildman–Crippen MR) is 45.7 cm³/mol. The van der Waals surface area contributed by atoms with Crippen LogP contribution < -0.4 is 0 Å². The minimum Gasteiger partial charge on any atom is -0.272 e. The Morgan fingerprint density at radius 3 is 3.08 bits per heavy atom. The van der Waals surface area contributed by atoms with Crippen LogP contribution in [0.2, 0.25) is 0 Å². The number of amides is 1. The molecular weight excluding hydrogens is 168 g/mol. The highest BCUT2D eigenvalue weighted by molar-refractivity contribution is 5.81. The highest BCUT2D eigenvalue weighted by Crippen LogP contribution is 2.00. The third kappa shape index (κ3) is 3.40. The molecule has 0 saturated carbocycles. The number of aromatic nitrogens is 1. The smallest absolute Gasteiger partial charge is 0.256 e. The van der Waals surface area contributed by atoms with Crippen LogP contribution in [0, 0.1) is 0 Å². The zero-order chi connectivity index (χ0) is 9.52. The van der Waals surface area contributed by atoms with Crippen molar-refractivity contribution in [3.63, 3.8) is 0 Å². The van der Waals surface area contributed by atoms with Gasteiger partial charge in [0.2, 0.25) is 6.08 Å². The van der Waals surface area contributed by atoms with Crippen LogP contribution in [0.4, 0.5) is 0 Å². The minimum atomic E-state index is -0.446. The topological polar surface area (TPSA) is 59.4 Å². The summed E-state index contributed by atoms with van der Waals surface area (Å²) >= 11 is 0. The number of hydrogen-bond donors (Lipinski definition) is 0. The second kappa shape index (κ2) is 4.95. The van der Waals surface area contributed by atoms with Crippen LogP contribution in [0.25, 0.3) is 0 Å². The largest absolute Gasteiger partial charge is 0.272 e. The van der Waals surface area contributed by atoms with Gasteiger partial charge in [0.25, 0.3) is 5.91 Å². The number of carbonyl (C=O) groups excluding carboxylic acids is 2. The van der Waals surface area contributed by atoms with Crippen molar-refractivity contribution in [1.82, 2.24) is 4.98 Å². The second-order valence-corrected chi connectivity index (χ2v) is 2.46. The molecule has 0 fully saturated rings. The third-order valence-corrected chi connectivity index (χ3v) is 1.52. The van der Waals surface area contributed by atoms with Gasteiger partial charge in [0.05, 0.1) is 0 Å². The number of isocyanates is 1. The first-order valence-electron chi connectivity index (χ1n) is 3.82. The summed E-state index contributed by atoms with van der Waals surface area (Å²) in [5.74, 6) is -0.446. The summed E-state index contributed by atoms with van der Waals surface area (Å²) in [6.07, 6.45) is 5.33. The van der Waals surface area contributed by atoms with E-state index in [2.05, 4.69) is 9.98 Å². The summed E-state index contributed by atoms with van der Waals surface area (Å²) in [4.78, 5) is 27.3. The minimum absolute atomic E-state index is 0.223. The van der Waals surface area contributed by atoms with Crippen molar-refractivity contribution in [2.45, 2.75) is 12.8 Å². The molecule has 0 bridgehead atoms. The quantitative estimate of drug-likeness (QED) is 0.507. The van der Waals surface area contributed by atoms with E-state index < -0.39 is 5.91 Å². The van der Waals surface area contributed by atoms with Crippen LogP contribution >= 0.6 is 0 Å². The molecule has 0 aliphatic carbocycles. The highest BCUT2D eigenvalue weighted by Gasteiger charge is 1.99. The van der Waals surface area contributed by atoms with Gasteiger partial charge in [-0.2, -0.15) is 0 Å². The molecule has 0 aliphatic heterocycles. The Balaban J connectivity index is 2.44. The zero-order valence-corrected chi connectivity index (χ0v) is 6.93. The van der Waals surface area contributed by atoms with Gasteiger partial charge in [-0.15, -0.1) is 4.99 Å². The summed E-state index contributed by atoms with van der Waals surface area (Å²) in [7, 11) is 0. The lowest BCUT2D eigenvalue weighted by atomic mass is 10.1. The van der Waals surface area contributed by atoms with E-state index in [1.54, 1.807) is 18.5 Å². The average molecular weight is 176 g/mol. The number of nitrogens with zero attached hydrogens (tertiary/aromatic N) is 2. The molecule has 13 heavy (non-hydrogen) atoms. The number of rotatable bonds is 3. The van der Waals surface area contributed by atoms with Crippen molar-refractivity contribution in [2.75, 3.05) is 0 Å². The average Bonchev–Trinajstić information content (AvgIpc) is 2.17. The second-order valence-electron chi connectivity index (χ2n) is 2.46. The van der Waals surface area contributed by atoms with E-state index in [0.29, 0.717) is 6.42 Å². The predicted octanol–water partition coefficient (Wildman–Crippen LogP) is 0.877. The van der Waals surface area contributed by atoms with Crippen molar-refractivity contribution in [1.29, 1.82) is 0 Å². The first-order chi connectivity index (χ1) is 6.33. The monoisotopic (exact) mass is 176 g/mol. The Morgan fingerprint density at radius 2 is 2.46 bits per heavy atom. The molecule has 4 nitrogen and oxygen atoms in total. The standard InChI is InChI=1S/C9H8N2O2/c12-7-11-9(13)4-3-8-2-1-5-10-6-8/h1-2,5-6H,3-4H2. The lowest BCUT2D eigenvalue weighted by Crippen LogP contribution is -1.96. The molecule has 4 heteroatoms. The van der Waals surface area contributed by atoms with E-state index in [1.165, 1.54) is 6.08 Å². The number of carbonyl (C=O) groups is 1. The van der Waals surface area contributed by atoms with Crippen molar-refractivity contribution in [3.8, 4) is 0 Å². The van der Waals surface area contributed by atoms with Crippen molar-refractivity contribution < 1.29 is 9.59 Å². The molecule has 0 aromatic carbocycles. The summed E-state index contributed by atoms with van der Waals surface area (Å²) < 4.78 is 0. The van der Waals surface area contributed by atoms with Gasteiger partial charge in [0, 0.05) is 18.8 Å². The van der Waals surface area contributed by atoms with E-state index in [0.717, 1.165) is 5.56 Å². The first kappa shape index (κ1) is 9.29. The summed E-state index contributed by atoms with van der Waals surface area (Å²) in [5.41, 5.74) is 0.956. The van der Waals surface area contributed by atoms with Gasteiger partial charge in [-0.05, 0) is 18.1 Å². The Bertz CT molecular complexity index is 329. The molecule has 1 rings (SSSR count). The van der Waals surface area contributed by atoms with Gasteiger partial charge >= 0.3 is 0 Å². The maximum absolute atomic E-state index is 10.8. The lowest BCUT2D eigenvalue weighted by Gasteiger charge is -1.95. The molecule has 66 valence electrons. The zero-order valence-electron chi connectivity index (χ0n) is 6.93. The normalized spacial score (nSPS) is 8.92. The molecule has 0 spiro atoms. The Hall–Kier alpha value is -1.80. The Labute approximate surface area is 75.3 Å². The third-order valence-electron chi connectivity index (χ3n) is 1.52. The van der Waals surface area contributed by atoms with Crippen LogP contribution in [0.3, 0.4) is 0 Å². The molecule has 0 atom stereocenters.